The minimum Gasteiger partial charge on any atom is -0.383 e. The van der Waals surface area contributed by atoms with E-state index in [4.69, 9.17) is 5.73 Å². The number of nitrogen functional groups attached to an aromatic ring is 1. The summed E-state index contributed by atoms with van der Waals surface area (Å²) in [6, 6.07) is 5.93. The number of anilines is 2. The number of pyridine rings is 1. The second-order valence-electron chi connectivity index (χ2n) is 6.15. The van der Waals surface area contributed by atoms with E-state index in [1.807, 2.05) is 25.1 Å². The van der Waals surface area contributed by atoms with Gasteiger partial charge in [0, 0.05) is 35.8 Å². The molecule has 0 bridgehead atoms. The van der Waals surface area contributed by atoms with Crippen LogP contribution in [-0.4, -0.2) is 21.5 Å². The van der Waals surface area contributed by atoms with Crippen molar-refractivity contribution in [3.05, 3.63) is 41.5 Å². The fourth-order valence-corrected chi connectivity index (χ4v) is 1.90. The summed E-state index contributed by atoms with van der Waals surface area (Å²) in [5.41, 5.74) is 7.82. The molecule has 0 aliphatic rings. The normalized spacial score (nSPS) is 11.4. The van der Waals surface area contributed by atoms with Crippen LogP contribution in [0.3, 0.4) is 0 Å². The minimum atomic E-state index is -0.126. The SMILES string of the molecule is Cc1c(N)nc(C(C)(C)C)nc1NCCc1ccccn1. The third kappa shape index (κ3) is 3.90. The molecule has 0 radical (unpaired) electrons. The lowest BCUT2D eigenvalue weighted by Gasteiger charge is -2.19. The Morgan fingerprint density at radius 2 is 1.95 bits per heavy atom. The van der Waals surface area contributed by atoms with Gasteiger partial charge in [-0.25, -0.2) is 9.97 Å². The predicted octanol–water partition coefficient (Wildman–Crippen LogP) is 2.71. The van der Waals surface area contributed by atoms with Gasteiger partial charge in [-0.1, -0.05) is 26.8 Å². The molecule has 5 nitrogen and oxygen atoms in total. The van der Waals surface area contributed by atoms with Gasteiger partial charge < -0.3 is 11.1 Å². The Labute approximate surface area is 126 Å². The highest BCUT2D eigenvalue weighted by atomic mass is 15.1. The van der Waals surface area contributed by atoms with E-state index in [2.05, 4.69) is 41.0 Å². The lowest BCUT2D eigenvalue weighted by Crippen LogP contribution is -2.20. The van der Waals surface area contributed by atoms with E-state index < -0.39 is 0 Å². The molecule has 112 valence electrons. The van der Waals surface area contributed by atoms with E-state index in [1.54, 1.807) is 6.20 Å². The van der Waals surface area contributed by atoms with E-state index in [1.165, 1.54) is 0 Å². The van der Waals surface area contributed by atoms with Crippen LogP contribution in [0.1, 0.15) is 37.9 Å². The number of nitrogens with zero attached hydrogens (tertiary/aromatic N) is 3. The first kappa shape index (κ1) is 15.2. The molecule has 2 aromatic rings. The van der Waals surface area contributed by atoms with Crippen LogP contribution in [0.4, 0.5) is 11.6 Å². The third-order valence-corrected chi connectivity index (χ3v) is 3.25. The summed E-state index contributed by atoms with van der Waals surface area (Å²) >= 11 is 0. The number of hydrogen-bond donors (Lipinski definition) is 2. The first-order chi connectivity index (χ1) is 9.88. The number of nitrogens with two attached hydrogens (primary N) is 1. The van der Waals surface area contributed by atoms with E-state index >= 15 is 0 Å². The highest BCUT2D eigenvalue weighted by molar-refractivity contribution is 5.55. The summed E-state index contributed by atoms with van der Waals surface area (Å²) in [7, 11) is 0. The molecule has 21 heavy (non-hydrogen) atoms. The van der Waals surface area contributed by atoms with Gasteiger partial charge in [0.25, 0.3) is 0 Å². The van der Waals surface area contributed by atoms with Crippen LogP contribution in [0.5, 0.6) is 0 Å². The number of nitrogens with one attached hydrogen (secondary N) is 1. The molecule has 2 rings (SSSR count). The summed E-state index contributed by atoms with van der Waals surface area (Å²) < 4.78 is 0. The standard InChI is InChI=1S/C16H23N5/c1-11-13(17)20-15(16(2,3)4)21-14(11)19-10-8-12-7-5-6-9-18-12/h5-7,9H,8,10H2,1-4H3,(H3,17,19,20,21). The molecule has 0 aliphatic carbocycles. The molecule has 0 aromatic carbocycles. The largest absolute Gasteiger partial charge is 0.383 e. The van der Waals surface area contributed by atoms with Crippen LogP contribution < -0.4 is 11.1 Å². The predicted molar refractivity (Wildman–Crippen MR) is 86.3 cm³/mol. The van der Waals surface area contributed by atoms with Crippen molar-refractivity contribution >= 4 is 11.6 Å². The Morgan fingerprint density at radius 3 is 2.57 bits per heavy atom. The molecule has 2 heterocycles. The average molecular weight is 285 g/mol. The van der Waals surface area contributed by atoms with Gasteiger partial charge in [-0.15, -0.1) is 0 Å². The Kier molecular flexibility index (Phi) is 4.40. The maximum atomic E-state index is 6.00. The first-order valence-corrected chi connectivity index (χ1v) is 7.16. The van der Waals surface area contributed by atoms with Gasteiger partial charge in [0.1, 0.15) is 17.5 Å². The van der Waals surface area contributed by atoms with Gasteiger partial charge in [0.15, 0.2) is 0 Å². The zero-order valence-electron chi connectivity index (χ0n) is 13.1. The van der Waals surface area contributed by atoms with Crippen molar-refractivity contribution in [1.82, 2.24) is 15.0 Å². The molecule has 0 saturated heterocycles. The van der Waals surface area contributed by atoms with Crippen LogP contribution in [0.25, 0.3) is 0 Å². The van der Waals surface area contributed by atoms with E-state index in [9.17, 15) is 0 Å². The third-order valence-electron chi connectivity index (χ3n) is 3.25. The average Bonchev–Trinajstić information content (AvgIpc) is 2.43. The number of hydrogen-bond acceptors (Lipinski definition) is 5. The molecule has 0 atom stereocenters. The lowest BCUT2D eigenvalue weighted by atomic mass is 9.95. The summed E-state index contributed by atoms with van der Waals surface area (Å²) in [6.45, 7) is 8.93. The molecule has 0 saturated carbocycles. The van der Waals surface area contributed by atoms with Crippen molar-refractivity contribution in [3.8, 4) is 0 Å². The number of aromatic nitrogens is 3. The van der Waals surface area contributed by atoms with E-state index in [-0.39, 0.29) is 5.41 Å². The van der Waals surface area contributed by atoms with Gasteiger partial charge in [-0.2, -0.15) is 0 Å². The maximum Gasteiger partial charge on any atom is 0.138 e. The Bertz CT molecular complexity index is 602. The summed E-state index contributed by atoms with van der Waals surface area (Å²) in [5, 5.41) is 3.34. The summed E-state index contributed by atoms with van der Waals surface area (Å²) in [5.74, 6) is 2.10. The topological polar surface area (TPSA) is 76.7 Å². The number of rotatable bonds is 4. The molecule has 0 aliphatic heterocycles. The van der Waals surface area contributed by atoms with Crippen LogP contribution >= 0.6 is 0 Å². The zero-order chi connectivity index (χ0) is 15.5. The maximum absolute atomic E-state index is 6.00. The van der Waals surface area contributed by atoms with Gasteiger partial charge in [0.05, 0.1) is 0 Å². The quantitative estimate of drug-likeness (QED) is 0.903. The second kappa shape index (κ2) is 6.08. The molecule has 5 heteroatoms. The smallest absolute Gasteiger partial charge is 0.138 e. The Hall–Kier alpha value is -2.17. The lowest BCUT2D eigenvalue weighted by molar-refractivity contribution is 0.546. The van der Waals surface area contributed by atoms with E-state index in [0.717, 1.165) is 35.9 Å². The summed E-state index contributed by atoms with van der Waals surface area (Å²) in [4.78, 5) is 13.3. The molecular formula is C16H23N5. The highest BCUT2D eigenvalue weighted by Crippen LogP contribution is 2.24. The van der Waals surface area contributed by atoms with Crippen molar-refractivity contribution in [3.63, 3.8) is 0 Å². The second-order valence-corrected chi connectivity index (χ2v) is 6.15. The highest BCUT2D eigenvalue weighted by Gasteiger charge is 2.20. The molecular weight excluding hydrogens is 262 g/mol. The first-order valence-electron chi connectivity index (χ1n) is 7.16. The molecule has 0 fully saturated rings. The van der Waals surface area contributed by atoms with Gasteiger partial charge in [0.2, 0.25) is 0 Å². The molecule has 2 aromatic heterocycles. The van der Waals surface area contributed by atoms with Crippen LogP contribution in [-0.2, 0) is 11.8 Å². The van der Waals surface area contributed by atoms with Crippen molar-refractivity contribution in [1.29, 1.82) is 0 Å². The van der Waals surface area contributed by atoms with Crippen molar-refractivity contribution in [2.45, 2.75) is 39.5 Å². The molecule has 0 unspecified atom stereocenters. The van der Waals surface area contributed by atoms with Gasteiger partial charge in [-0.05, 0) is 19.1 Å². The van der Waals surface area contributed by atoms with E-state index in [0.29, 0.717) is 5.82 Å². The molecule has 0 spiro atoms. The molecule has 0 amide bonds. The Balaban J connectivity index is 2.11. The van der Waals surface area contributed by atoms with Crippen molar-refractivity contribution < 1.29 is 0 Å². The van der Waals surface area contributed by atoms with Gasteiger partial charge >= 0.3 is 0 Å². The van der Waals surface area contributed by atoms with Crippen LogP contribution in [0.15, 0.2) is 24.4 Å². The minimum absolute atomic E-state index is 0.126. The van der Waals surface area contributed by atoms with Crippen LogP contribution in [0.2, 0.25) is 0 Å². The van der Waals surface area contributed by atoms with Crippen molar-refractivity contribution in [2.24, 2.45) is 0 Å². The summed E-state index contributed by atoms with van der Waals surface area (Å²) in [6.07, 6.45) is 2.65. The van der Waals surface area contributed by atoms with Gasteiger partial charge in [-0.3, -0.25) is 4.98 Å². The zero-order valence-corrected chi connectivity index (χ0v) is 13.1. The fraction of sp³-hybridized carbons (Fsp3) is 0.438. The Morgan fingerprint density at radius 1 is 1.19 bits per heavy atom. The fourth-order valence-electron chi connectivity index (χ4n) is 1.90. The van der Waals surface area contributed by atoms with Crippen molar-refractivity contribution in [2.75, 3.05) is 17.6 Å². The monoisotopic (exact) mass is 285 g/mol. The molecule has 3 N–H and O–H groups in total. The van der Waals surface area contributed by atoms with Crippen LogP contribution in [0, 0.1) is 6.92 Å².